The SMILES string of the molecule is Cc1nc(Sc2ncc(CNC3CC3)cn2)n[nH]1. The van der Waals surface area contributed by atoms with Crippen LogP contribution in [0.3, 0.4) is 0 Å². The third-order valence-electron chi connectivity index (χ3n) is 2.61. The fraction of sp³-hybridized carbons (Fsp3) is 0.455. The van der Waals surface area contributed by atoms with Crippen LogP contribution in [0.15, 0.2) is 22.7 Å². The zero-order valence-corrected chi connectivity index (χ0v) is 10.9. The van der Waals surface area contributed by atoms with Gasteiger partial charge in [0.15, 0.2) is 5.16 Å². The van der Waals surface area contributed by atoms with E-state index in [2.05, 4.69) is 30.5 Å². The molecule has 1 aliphatic rings. The molecule has 2 heterocycles. The first kappa shape index (κ1) is 11.6. The van der Waals surface area contributed by atoms with Crippen LogP contribution in [0.1, 0.15) is 24.2 Å². The molecule has 3 rings (SSSR count). The van der Waals surface area contributed by atoms with Gasteiger partial charge in [0.1, 0.15) is 5.82 Å². The standard InChI is InChI=1S/C11H14N6S/c1-7-15-11(17-16-7)18-10-13-5-8(6-14-10)4-12-9-2-3-9/h5-6,9,12H,2-4H2,1H3,(H,15,16,17). The Balaban J connectivity index is 1.59. The summed E-state index contributed by atoms with van der Waals surface area (Å²) >= 11 is 1.36. The smallest absolute Gasteiger partial charge is 0.216 e. The minimum absolute atomic E-state index is 0.649. The summed E-state index contributed by atoms with van der Waals surface area (Å²) in [6, 6.07) is 0.704. The molecule has 1 aliphatic carbocycles. The quantitative estimate of drug-likeness (QED) is 0.791. The Kier molecular flexibility index (Phi) is 3.24. The molecule has 0 amide bonds. The second-order valence-electron chi connectivity index (χ2n) is 4.33. The topological polar surface area (TPSA) is 79.4 Å². The molecule has 2 aromatic rings. The van der Waals surface area contributed by atoms with Crippen molar-refractivity contribution in [2.45, 2.75) is 42.7 Å². The molecule has 0 saturated heterocycles. The van der Waals surface area contributed by atoms with E-state index in [1.807, 2.05) is 19.3 Å². The van der Waals surface area contributed by atoms with E-state index in [-0.39, 0.29) is 0 Å². The van der Waals surface area contributed by atoms with Gasteiger partial charge < -0.3 is 5.32 Å². The second kappa shape index (κ2) is 5.03. The summed E-state index contributed by atoms with van der Waals surface area (Å²) in [4.78, 5) is 12.8. The molecule has 6 nitrogen and oxygen atoms in total. The van der Waals surface area contributed by atoms with Crippen molar-refractivity contribution in [3.8, 4) is 0 Å². The van der Waals surface area contributed by atoms with Gasteiger partial charge in [-0.05, 0) is 31.5 Å². The average molecular weight is 262 g/mol. The van der Waals surface area contributed by atoms with Crippen molar-refractivity contribution in [2.75, 3.05) is 0 Å². The van der Waals surface area contributed by atoms with Crippen LogP contribution in [0.25, 0.3) is 0 Å². The first-order valence-electron chi connectivity index (χ1n) is 5.91. The van der Waals surface area contributed by atoms with Crippen molar-refractivity contribution in [1.82, 2.24) is 30.5 Å². The molecule has 0 aliphatic heterocycles. The molecule has 0 bridgehead atoms. The number of aromatic amines is 1. The summed E-state index contributed by atoms with van der Waals surface area (Å²) in [6.45, 7) is 2.71. The molecule has 2 aromatic heterocycles. The maximum atomic E-state index is 4.30. The number of nitrogens with zero attached hydrogens (tertiary/aromatic N) is 4. The maximum Gasteiger partial charge on any atom is 0.216 e. The van der Waals surface area contributed by atoms with E-state index in [0.29, 0.717) is 16.4 Å². The van der Waals surface area contributed by atoms with Gasteiger partial charge in [0.05, 0.1) is 0 Å². The van der Waals surface area contributed by atoms with Gasteiger partial charge in [-0.15, -0.1) is 5.10 Å². The molecule has 0 spiro atoms. The number of nitrogens with one attached hydrogen (secondary N) is 2. The van der Waals surface area contributed by atoms with E-state index in [4.69, 9.17) is 0 Å². The van der Waals surface area contributed by atoms with Crippen molar-refractivity contribution in [1.29, 1.82) is 0 Å². The van der Waals surface area contributed by atoms with Crippen molar-refractivity contribution in [3.63, 3.8) is 0 Å². The Morgan fingerprint density at radius 3 is 2.72 bits per heavy atom. The lowest BCUT2D eigenvalue weighted by Crippen LogP contribution is -2.15. The predicted molar refractivity (Wildman–Crippen MR) is 67.1 cm³/mol. The highest BCUT2D eigenvalue weighted by molar-refractivity contribution is 7.99. The third kappa shape index (κ3) is 3.05. The molecule has 0 aromatic carbocycles. The number of H-pyrrole nitrogens is 1. The largest absolute Gasteiger partial charge is 0.310 e. The van der Waals surface area contributed by atoms with E-state index in [9.17, 15) is 0 Å². The van der Waals surface area contributed by atoms with Crippen LogP contribution in [-0.2, 0) is 6.54 Å². The Morgan fingerprint density at radius 2 is 2.11 bits per heavy atom. The van der Waals surface area contributed by atoms with E-state index in [1.165, 1.54) is 24.6 Å². The van der Waals surface area contributed by atoms with Crippen LogP contribution in [0.4, 0.5) is 0 Å². The Morgan fingerprint density at radius 1 is 1.33 bits per heavy atom. The van der Waals surface area contributed by atoms with Crippen molar-refractivity contribution >= 4 is 11.8 Å². The van der Waals surface area contributed by atoms with Crippen LogP contribution in [0.5, 0.6) is 0 Å². The van der Waals surface area contributed by atoms with E-state index in [1.54, 1.807) is 0 Å². The number of aromatic nitrogens is 5. The monoisotopic (exact) mass is 262 g/mol. The molecule has 94 valence electrons. The van der Waals surface area contributed by atoms with E-state index in [0.717, 1.165) is 17.9 Å². The zero-order valence-electron chi connectivity index (χ0n) is 10.1. The van der Waals surface area contributed by atoms with Crippen molar-refractivity contribution < 1.29 is 0 Å². The van der Waals surface area contributed by atoms with Crippen LogP contribution in [0, 0.1) is 6.92 Å². The lowest BCUT2D eigenvalue weighted by molar-refractivity contribution is 0.680. The molecule has 18 heavy (non-hydrogen) atoms. The first-order chi connectivity index (χ1) is 8.79. The second-order valence-corrected chi connectivity index (χ2v) is 5.27. The molecule has 1 fully saturated rings. The van der Waals surface area contributed by atoms with E-state index < -0.39 is 0 Å². The van der Waals surface area contributed by atoms with Crippen molar-refractivity contribution in [2.24, 2.45) is 0 Å². The Labute approximate surface area is 109 Å². The highest BCUT2D eigenvalue weighted by atomic mass is 32.2. The van der Waals surface area contributed by atoms with Gasteiger partial charge in [0.25, 0.3) is 0 Å². The number of aryl methyl sites for hydroxylation is 1. The molecular formula is C11H14N6S. The summed E-state index contributed by atoms with van der Waals surface area (Å²) in [7, 11) is 0. The molecule has 0 atom stereocenters. The van der Waals surface area contributed by atoms with Crippen LogP contribution in [-0.4, -0.2) is 31.2 Å². The summed E-state index contributed by atoms with van der Waals surface area (Å²) in [5.41, 5.74) is 1.11. The van der Waals surface area contributed by atoms with Gasteiger partial charge in [-0.25, -0.2) is 15.0 Å². The summed E-state index contributed by atoms with van der Waals surface area (Å²) < 4.78 is 0. The first-order valence-corrected chi connectivity index (χ1v) is 6.72. The fourth-order valence-corrected chi connectivity index (χ4v) is 2.13. The van der Waals surface area contributed by atoms with Gasteiger partial charge in [0.2, 0.25) is 5.16 Å². The zero-order chi connectivity index (χ0) is 12.4. The minimum Gasteiger partial charge on any atom is -0.310 e. The molecule has 2 N–H and O–H groups in total. The summed E-state index contributed by atoms with van der Waals surface area (Å²) in [5, 5.41) is 11.6. The molecular weight excluding hydrogens is 248 g/mol. The highest BCUT2D eigenvalue weighted by Gasteiger charge is 2.19. The lowest BCUT2D eigenvalue weighted by atomic mass is 10.3. The van der Waals surface area contributed by atoms with Gasteiger partial charge in [0, 0.05) is 30.5 Å². The fourth-order valence-electron chi connectivity index (χ4n) is 1.49. The van der Waals surface area contributed by atoms with Crippen molar-refractivity contribution in [3.05, 3.63) is 23.8 Å². The molecule has 0 radical (unpaired) electrons. The Hall–Kier alpha value is -1.47. The van der Waals surface area contributed by atoms with Crippen LogP contribution >= 0.6 is 11.8 Å². The highest BCUT2D eigenvalue weighted by Crippen LogP contribution is 2.21. The van der Waals surface area contributed by atoms with Gasteiger partial charge in [-0.3, -0.25) is 5.10 Å². The third-order valence-corrected chi connectivity index (χ3v) is 3.37. The van der Waals surface area contributed by atoms with Gasteiger partial charge in [-0.1, -0.05) is 0 Å². The van der Waals surface area contributed by atoms with Crippen LogP contribution < -0.4 is 5.32 Å². The minimum atomic E-state index is 0.649. The van der Waals surface area contributed by atoms with Gasteiger partial charge >= 0.3 is 0 Å². The van der Waals surface area contributed by atoms with Gasteiger partial charge in [-0.2, -0.15) is 0 Å². The Bertz CT molecular complexity index is 519. The number of hydrogen-bond donors (Lipinski definition) is 2. The van der Waals surface area contributed by atoms with Crippen LogP contribution in [0.2, 0.25) is 0 Å². The lowest BCUT2D eigenvalue weighted by Gasteiger charge is -2.02. The number of hydrogen-bond acceptors (Lipinski definition) is 6. The molecule has 0 unspecified atom stereocenters. The maximum absolute atomic E-state index is 4.30. The normalized spacial score (nSPS) is 14.9. The predicted octanol–water partition coefficient (Wildman–Crippen LogP) is 1.31. The summed E-state index contributed by atoms with van der Waals surface area (Å²) in [6.07, 6.45) is 6.28. The molecule has 7 heteroatoms. The van der Waals surface area contributed by atoms with E-state index >= 15 is 0 Å². The average Bonchev–Trinajstić information content (AvgIpc) is 3.12. The summed E-state index contributed by atoms with van der Waals surface area (Å²) in [5.74, 6) is 0.794. The number of rotatable bonds is 5. The molecule has 1 saturated carbocycles.